The second-order valence-electron chi connectivity index (χ2n) is 4.32. The molecule has 2 unspecified atom stereocenters. The SMILES string of the molecule is CCC(O)c1noc(C2COc3ccccc32)n1. The minimum atomic E-state index is -0.667. The number of rotatable bonds is 3. The first-order valence-corrected chi connectivity index (χ1v) is 6.03. The van der Waals surface area contributed by atoms with Crippen LogP contribution in [0.1, 0.15) is 42.6 Å². The molecule has 1 aromatic carbocycles. The van der Waals surface area contributed by atoms with Gasteiger partial charge in [0, 0.05) is 5.56 Å². The van der Waals surface area contributed by atoms with E-state index in [0.717, 1.165) is 11.3 Å². The van der Waals surface area contributed by atoms with Crippen molar-refractivity contribution in [2.45, 2.75) is 25.4 Å². The first-order valence-electron chi connectivity index (χ1n) is 6.03. The Hall–Kier alpha value is -1.88. The van der Waals surface area contributed by atoms with Gasteiger partial charge in [0.25, 0.3) is 0 Å². The molecule has 1 N–H and O–H groups in total. The number of aromatic nitrogens is 2. The maximum atomic E-state index is 9.66. The highest BCUT2D eigenvalue weighted by atomic mass is 16.5. The molecule has 2 aromatic rings. The maximum Gasteiger partial charge on any atom is 0.237 e. The average molecular weight is 246 g/mol. The molecule has 1 aromatic heterocycles. The van der Waals surface area contributed by atoms with Gasteiger partial charge in [-0.05, 0) is 12.5 Å². The fraction of sp³-hybridized carbons (Fsp3) is 0.385. The number of aliphatic hydroxyl groups excluding tert-OH is 1. The number of para-hydroxylation sites is 1. The summed E-state index contributed by atoms with van der Waals surface area (Å²) in [5, 5.41) is 13.5. The van der Waals surface area contributed by atoms with E-state index in [1.807, 2.05) is 31.2 Å². The molecule has 1 aliphatic rings. The number of aliphatic hydroxyl groups is 1. The number of benzene rings is 1. The third-order valence-corrected chi connectivity index (χ3v) is 3.14. The molecular formula is C13H14N2O3. The van der Waals surface area contributed by atoms with E-state index in [9.17, 15) is 5.11 Å². The van der Waals surface area contributed by atoms with Gasteiger partial charge in [0.05, 0.1) is 0 Å². The fourth-order valence-corrected chi connectivity index (χ4v) is 2.07. The van der Waals surface area contributed by atoms with Crippen molar-refractivity contribution in [3.8, 4) is 5.75 Å². The topological polar surface area (TPSA) is 68.4 Å². The van der Waals surface area contributed by atoms with E-state index >= 15 is 0 Å². The van der Waals surface area contributed by atoms with Crippen molar-refractivity contribution in [2.75, 3.05) is 6.61 Å². The van der Waals surface area contributed by atoms with E-state index < -0.39 is 6.10 Å². The molecule has 2 atom stereocenters. The van der Waals surface area contributed by atoms with Gasteiger partial charge in [0.15, 0.2) is 5.82 Å². The third-order valence-electron chi connectivity index (χ3n) is 3.14. The summed E-state index contributed by atoms with van der Waals surface area (Å²) >= 11 is 0. The summed E-state index contributed by atoms with van der Waals surface area (Å²) in [6, 6.07) is 7.81. The van der Waals surface area contributed by atoms with Crippen molar-refractivity contribution >= 4 is 0 Å². The van der Waals surface area contributed by atoms with E-state index in [1.165, 1.54) is 0 Å². The number of ether oxygens (including phenoxy) is 1. The largest absolute Gasteiger partial charge is 0.492 e. The maximum absolute atomic E-state index is 9.66. The van der Waals surface area contributed by atoms with Crippen molar-refractivity contribution in [3.05, 3.63) is 41.5 Å². The normalized spacial score (nSPS) is 19.3. The van der Waals surface area contributed by atoms with Crippen LogP contribution in [-0.4, -0.2) is 21.9 Å². The van der Waals surface area contributed by atoms with E-state index in [1.54, 1.807) is 0 Å². The molecule has 3 rings (SSSR count). The lowest BCUT2D eigenvalue weighted by molar-refractivity contribution is 0.159. The minimum absolute atomic E-state index is 0.0356. The molecule has 0 bridgehead atoms. The van der Waals surface area contributed by atoms with E-state index in [0.29, 0.717) is 24.7 Å². The molecule has 94 valence electrons. The van der Waals surface area contributed by atoms with Gasteiger partial charge in [0.2, 0.25) is 5.89 Å². The lowest BCUT2D eigenvalue weighted by atomic mass is 10.0. The number of hydrogen-bond donors (Lipinski definition) is 1. The van der Waals surface area contributed by atoms with Gasteiger partial charge in [0.1, 0.15) is 24.4 Å². The van der Waals surface area contributed by atoms with Crippen LogP contribution < -0.4 is 4.74 Å². The van der Waals surface area contributed by atoms with Crippen LogP contribution in [0.2, 0.25) is 0 Å². The summed E-state index contributed by atoms with van der Waals surface area (Å²) in [5.74, 6) is 1.67. The fourth-order valence-electron chi connectivity index (χ4n) is 2.07. The Bertz CT molecular complexity index is 553. The van der Waals surface area contributed by atoms with Crippen molar-refractivity contribution < 1.29 is 14.4 Å². The summed E-state index contributed by atoms with van der Waals surface area (Å²) in [6.07, 6.45) is -0.100. The molecule has 0 amide bonds. The number of fused-ring (bicyclic) bond motifs is 1. The summed E-state index contributed by atoms with van der Waals surface area (Å²) in [7, 11) is 0. The van der Waals surface area contributed by atoms with Crippen LogP contribution in [-0.2, 0) is 0 Å². The van der Waals surface area contributed by atoms with Gasteiger partial charge in [-0.3, -0.25) is 0 Å². The Morgan fingerprint density at radius 2 is 2.28 bits per heavy atom. The second-order valence-corrected chi connectivity index (χ2v) is 4.32. The summed E-state index contributed by atoms with van der Waals surface area (Å²) in [6.45, 7) is 2.37. The molecule has 1 aliphatic heterocycles. The van der Waals surface area contributed by atoms with Gasteiger partial charge in [-0.15, -0.1) is 0 Å². The van der Waals surface area contributed by atoms with Crippen molar-refractivity contribution in [3.63, 3.8) is 0 Å². The standard InChI is InChI=1S/C13H14N2O3/c1-2-10(16)12-14-13(18-15-12)9-7-17-11-6-4-3-5-8(9)11/h3-6,9-10,16H,2,7H2,1H3. The zero-order chi connectivity index (χ0) is 12.5. The molecule has 0 fully saturated rings. The average Bonchev–Trinajstić information content (AvgIpc) is 3.03. The Kier molecular flexibility index (Phi) is 2.76. The first-order chi connectivity index (χ1) is 8.79. The zero-order valence-electron chi connectivity index (χ0n) is 10.0. The molecule has 0 saturated carbocycles. The van der Waals surface area contributed by atoms with Crippen molar-refractivity contribution in [2.24, 2.45) is 0 Å². The monoisotopic (exact) mass is 246 g/mol. The van der Waals surface area contributed by atoms with Crippen molar-refractivity contribution in [1.82, 2.24) is 10.1 Å². The molecule has 5 heteroatoms. The van der Waals surface area contributed by atoms with Crippen LogP contribution in [0.15, 0.2) is 28.8 Å². The van der Waals surface area contributed by atoms with Gasteiger partial charge < -0.3 is 14.4 Å². The second kappa shape index (κ2) is 4.42. The number of hydrogen-bond acceptors (Lipinski definition) is 5. The highest BCUT2D eigenvalue weighted by Crippen LogP contribution is 2.37. The summed E-state index contributed by atoms with van der Waals surface area (Å²) in [5.41, 5.74) is 1.05. The molecule has 18 heavy (non-hydrogen) atoms. The molecule has 0 spiro atoms. The lowest BCUT2D eigenvalue weighted by Crippen LogP contribution is -2.04. The molecular weight excluding hydrogens is 232 g/mol. The smallest absolute Gasteiger partial charge is 0.237 e. The Morgan fingerprint density at radius 1 is 1.44 bits per heavy atom. The van der Waals surface area contributed by atoms with Crippen molar-refractivity contribution in [1.29, 1.82) is 0 Å². The minimum Gasteiger partial charge on any atom is -0.492 e. The van der Waals surface area contributed by atoms with Crippen LogP contribution in [0.3, 0.4) is 0 Å². The van der Waals surface area contributed by atoms with Gasteiger partial charge in [-0.25, -0.2) is 0 Å². The lowest BCUT2D eigenvalue weighted by Gasteiger charge is -2.02. The van der Waals surface area contributed by atoms with Gasteiger partial charge in [-0.1, -0.05) is 30.3 Å². The molecule has 2 heterocycles. The Labute approximate surface area is 104 Å². The Morgan fingerprint density at radius 3 is 3.11 bits per heavy atom. The molecule has 0 radical (unpaired) electrons. The van der Waals surface area contributed by atoms with Crippen LogP contribution in [0.25, 0.3) is 0 Å². The predicted octanol–water partition coefficient (Wildman–Crippen LogP) is 2.04. The summed E-state index contributed by atoms with van der Waals surface area (Å²) in [4.78, 5) is 4.25. The van der Waals surface area contributed by atoms with Crippen LogP contribution in [0, 0.1) is 0 Å². The van der Waals surface area contributed by atoms with Gasteiger partial charge in [-0.2, -0.15) is 4.98 Å². The highest BCUT2D eigenvalue weighted by Gasteiger charge is 2.30. The molecule has 0 saturated heterocycles. The highest BCUT2D eigenvalue weighted by molar-refractivity contribution is 5.42. The summed E-state index contributed by atoms with van der Waals surface area (Å²) < 4.78 is 10.8. The quantitative estimate of drug-likeness (QED) is 0.897. The molecule has 0 aliphatic carbocycles. The van der Waals surface area contributed by atoms with Gasteiger partial charge >= 0.3 is 0 Å². The third kappa shape index (κ3) is 1.76. The van der Waals surface area contributed by atoms with E-state index in [4.69, 9.17) is 9.26 Å². The van der Waals surface area contributed by atoms with Crippen LogP contribution in [0.5, 0.6) is 5.75 Å². The van der Waals surface area contributed by atoms with Crippen LogP contribution >= 0.6 is 0 Å². The van der Waals surface area contributed by atoms with E-state index in [2.05, 4.69) is 10.1 Å². The predicted molar refractivity (Wildman–Crippen MR) is 63.3 cm³/mol. The Balaban J connectivity index is 1.91. The molecule has 5 nitrogen and oxygen atoms in total. The zero-order valence-corrected chi connectivity index (χ0v) is 10.0. The first kappa shape index (κ1) is 11.2. The van der Waals surface area contributed by atoms with E-state index in [-0.39, 0.29) is 5.92 Å². The van der Waals surface area contributed by atoms with Crippen LogP contribution in [0.4, 0.5) is 0 Å². The number of nitrogens with zero attached hydrogens (tertiary/aromatic N) is 2.